The molecule has 2 fully saturated rings. The van der Waals surface area contributed by atoms with Crippen LogP contribution in [0.2, 0.25) is 10.0 Å². The largest absolute Gasteiger partial charge is 0.379 e. The first kappa shape index (κ1) is 31.9. The highest BCUT2D eigenvalue weighted by molar-refractivity contribution is 6.35. The number of hydrogen-bond donors (Lipinski definition) is 0. The lowest BCUT2D eigenvalue weighted by atomic mass is 9.98. The Balaban J connectivity index is 0.00000241. The van der Waals surface area contributed by atoms with Crippen LogP contribution in [0, 0.1) is 13.8 Å². The monoisotopic (exact) mass is 587 g/mol. The summed E-state index contributed by atoms with van der Waals surface area (Å²) in [4.78, 5) is 20.4. The van der Waals surface area contributed by atoms with Gasteiger partial charge >= 0.3 is 0 Å². The van der Waals surface area contributed by atoms with Crippen molar-refractivity contribution in [2.75, 3.05) is 59.0 Å². The lowest BCUT2D eigenvalue weighted by Crippen LogP contribution is -2.56. The Hall–Kier alpha value is -1.31. The van der Waals surface area contributed by atoms with Crippen molar-refractivity contribution in [1.82, 2.24) is 14.7 Å². The van der Waals surface area contributed by atoms with Crippen LogP contribution in [-0.4, -0.2) is 85.7 Å². The summed E-state index contributed by atoms with van der Waals surface area (Å²) in [6, 6.07) is 11.8. The minimum absolute atomic E-state index is 0. The van der Waals surface area contributed by atoms with Gasteiger partial charge in [-0.1, -0.05) is 53.6 Å². The molecule has 1 atom stereocenters. The predicted molar refractivity (Wildman–Crippen MR) is 158 cm³/mol. The zero-order valence-corrected chi connectivity index (χ0v) is 24.6. The van der Waals surface area contributed by atoms with E-state index in [-0.39, 0.29) is 36.8 Å². The zero-order chi connectivity index (χ0) is 24.8. The Kier molecular flexibility index (Phi) is 13.2. The van der Waals surface area contributed by atoms with Crippen LogP contribution < -0.4 is 0 Å². The summed E-state index contributed by atoms with van der Waals surface area (Å²) in [5.41, 5.74) is 4.36. The molecule has 2 saturated heterocycles. The van der Waals surface area contributed by atoms with E-state index in [0.717, 1.165) is 58.9 Å². The van der Waals surface area contributed by atoms with Crippen molar-refractivity contribution < 1.29 is 9.53 Å². The van der Waals surface area contributed by atoms with Crippen molar-refractivity contribution in [2.24, 2.45) is 0 Å². The maximum Gasteiger partial charge on any atom is 0.254 e. The topological polar surface area (TPSA) is 36.0 Å². The Morgan fingerprint density at radius 3 is 2.19 bits per heavy atom. The molecule has 5 nitrogen and oxygen atoms in total. The average molecular weight is 589 g/mol. The maximum absolute atomic E-state index is 13.5. The number of amides is 1. The van der Waals surface area contributed by atoms with E-state index in [4.69, 9.17) is 27.9 Å². The molecule has 2 aliphatic heterocycles. The van der Waals surface area contributed by atoms with Gasteiger partial charge in [0.15, 0.2) is 0 Å². The van der Waals surface area contributed by atoms with Crippen molar-refractivity contribution in [3.63, 3.8) is 0 Å². The molecule has 0 aliphatic carbocycles. The van der Waals surface area contributed by atoms with Crippen LogP contribution in [0.5, 0.6) is 0 Å². The SMILES string of the molecule is Cc1ccc(C[C@@H]2CN(C/C=C/CN3CCOCC3)CCN2C(=O)c2cc(Cl)cc(Cl)c2)cc1C.Cl.Cl. The minimum atomic E-state index is -0.00857. The van der Waals surface area contributed by atoms with Crippen LogP contribution in [0.4, 0.5) is 0 Å². The van der Waals surface area contributed by atoms with E-state index < -0.39 is 0 Å². The number of halogens is 4. The molecule has 0 bridgehead atoms. The number of nitrogens with zero attached hydrogens (tertiary/aromatic N) is 3. The quantitative estimate of drug-likeness (QED) is 0.388. The molecular weight excluding hydrogens is 552 g/mol. The summed E-state index contributed by atoms with van der Waals surface area (Å²) in [5.74, 6) is -0.00857. The Morgan fingerprint density at radius 2 is 1.54 bits per heavy atom. The fourth-order valence-electron chi connectivity index (χ4n) is 4.80. The standard InChI is InChI=1S/C28H35Cl2N3O2.2ClH/c1-21-5-6-23(15-22(21)2)16-27-20-32(8-4-3-7-31-11-13-35-14-12-31)9-10-33(27)28(34)24-17-25(29)19-26(30)18-24;;/h3-6,15,17-19,27H,7-14,16,20H2,1-2H3;2*1H/b4-3+;;/t27-;;/m1../s1. The van der Waals surface area contributed by atoms with Crippen LogP contribution in [0.15, 0.2) is 48.6 Å². The first-order valence-corrected chi connectivity index (χ1v) is 13.2. The second kappa shape index (κ2) is 15.3. The molecule has 0 saturated carbocycles. The second-order valence-electron chi connectivity index (χ2n) is 9.58. The lowest BCUT2D eigenvalue weighted by Gasteiger charge is -2.41. The van der Waals surface area contributed by atoms with Gasteiger partial charge in [0, 0.05) is 67.5 Å². The highest BCUT2D eigenvalue weighted by Crippen LogP contribution is 2.24. The first-order valence-electron chi connectivity index (χ1n) is 12.4. The van der Waals surface area contributed by atoms with Gasteiger partial charge in [0.05, 0.1) is 13.2 Å². The number of morpholine rings is 1. The molecule has 2 heterocycles. The summed E-state index contributed by atoms with van der Waals surface area (Å²) < 4.78 is 5.43. The molecule has 4 rings (SSSR count). The number of carbonyl (C=O) groups is 1. The van der Waals surface area contributed by atoms with Crippen LogP contribution in [-0.2, 0) is 11.2 Å². The molecule has 0 spiro atoms. The molecule has 2 aromatic rings. The third kappa shape index (κ3) is 9.14. The number of hydrogen-bond acceptors (Lipinski definition) is 4. The summed E-state index contributed by atoms with van der Waals surface area (Å²) in [6.45, 7) is 12.1. The van der Waals surface area contributed by atoms with Gasteiger partial charge in [-0.3, -0.25) is 14.6 Å². The molecule has 0 unspecified atom stereocenters. The Morgan fingerprint density at radius 1 is 0.892 bits per heavy atom. The van der Waals surface area contributed by atoms with E-state index >= 15 is 0 Å². The molecule has 0 aromatic heterocycles. The van der Waals surface area contributed by atoms with Crippen LogP contribution >= 0.6 is 48.0 Å². The molecular formula is C28H37Cl4N3O2. The third-order valence-electron chi connectivity index (χ3n) is 6.98. The van der Waals surface area contributed by atoms with Crippen molar-refractivity contribution >= 4 is 53.9 Å². The predicted octanol–water partition coefficient (Wildman–Crippen LogP) is 5.71. The highest BCUT2D eigenvalue weighted by Gasteiger charge is 2.31. The fourth-order valence-corrected chi connectivity index (χ4v) is 5.33. The van der Waals surface area contributed by atoms with Gasteiger partial charge in [-0.25, -0.2) is 0 Å². The summed E-state index contributed by atoms with van der Waals surface area (Å²) in [5, 5.41) is 0.964. The van der Waals surface area contributed by atoms with Gasteiger partial charge in [0.2, 0.25) is 0 Å². The average Bonchev–Trinajstić information content (AvgIpc) is 2.84. The normalized spacial score (nSPS) is 18.9. The number of piperazine rings is 1. The van der Waals surface area contributed by atoms with E-state index in [9.17, 15) is 4.79 Å². The van der Waals surface area contributed by atoms with Gasteiger partial charge in [-0.05, 0) is 55.2 Å². The highest BCUT2D eigenvalue weighted by atomic mass is 35.5. The van der Waals surface area contributed by atoms with Gasteiger partial charge in [-0.2, -0.15) is 0 Å². The Bertz CT molecular complexity index is 1040. The zero-order valence-electron chi connectivity index (χ0n) is 21.5. The number of carbonyl (C=O) groups excluding carboxylic acids is 1. The van der Waals surface area contributed by atoms with E-state index in [1.807, 2.05) is 4.90 Å². The number of benzene rings is 2. The van der Waals surface area contributed by atoms with Crippen molar-refractivity contribution in [3.8, 4) is 0 Å². The maximum atomic E-state index is 13.5. The van der Waals surface area contributed by atoms with Crippen LogP contribution in [0.1, 0.15) is 27.0 Å². The fraction of sp³-hybridized carbons (Fsp3) is 0.464. The molecule has 1 amide bonds. The van der Waals surface area contributed by atoms with Gasteiger partial charge in [0.1, 0.15) is 0 Å². The third-order valence-corrected chi connectivity index (χ3v) is 7.41. The molecule has 2 aliphatic rings. The number of rotatable bonds is 7. The minimum Gasteiger partial charge on any atom is -0.379 e. The summed E-state index contributed by atoms with van der Waals surface area (Å²) >= 11 is 12.4. The molecule has 0 radical (unpaired) electrons. The van der Waals surface area contributed by atoms with Gasteiger partial charge in [-0.15, -0.1) is 24.8 Å². The van der Waals surface area contributed by atoms with E-state index in [2.05, 4.69) is 54.0 Å². The smallest absolute Gasteiger partial charge is 0.254 e. The summed E-state index contributed by atoms with van der Waals surface area (Å²) in [7, 11) is 0. The lowest BCUT2D eigenvalue weighted by molar-refractivity contribution is 0.0431. The van der Waals surface area contributed by atoms with Crippen molar-refractivity contribution in [3.05, 3.63) is 80.8 Å². The van der Waals surface area contributed by atoms with E-state index in [1.165, 1.54) is 16.7 Å². The van der Waals surface area contributed by atoms with E-state index in [1.54, 1.807) is 18.2 Å². The van der Waals surface area contributed by atoms with E-state index in [0.29, 0.717) is 22.2 Å². The van der Waals surface area contributed by atoms with Gasteiger partial charge < -0.3 is 9.64 Å². The molecule has 37 heavy (non-hydrogen) atoms. The van der Waals surface area contributed by atoms with Crippen LogP contribution in [0.3, 0.4) is 0 Å². The Labute approximate surface area is 243 Å². The van der Waals surface area contributed by atoms with Crippen molar-refractivity contribution in [2.45, 2.75) is 26.3 Å². The molecule has 0 N–H and O–H groups in total. The molecule has 9 heteroatoms. The second-order valence-corrected chi connectivity index (χ2v) is 10.5. The molecule has 204 valence electrons. The van der Waals surface area contributed by atoms with Crippen LogP contribution in [0.25, 0.3) is 0 Å². The number of aryl methyl sites for hydroxylation is 2. The van der Waals surface area contributed by atoms with Gasteiger partial charge in [0.25, 0.3) is 5.91 Å². The molecule has 2 aromatic carbocycles. The first-order chi connectivity index (χ1) is 16.9. The van der Waals surface area contributed by atoms with Crippen molar-refractivity contribution in [1.29, 1.82) is 0 Å². The summed E-state index contributed by atoms with van der Waals surface area (Å²) in [6.07, 6.45) is 5.33. The number of ether oxygens (including phenoxy) is 1.